The van der Waals surface area contributed by atoms with Gasteiger partial charge in [-0.15, -0.1) is 10.2 Å². The van der Waals surface area contributed by atoms with Crippen molar-refractivity contribution in [1.82, 2.24) is 20.1 Å². The summed E-state index contributed by atoms with van der Waals surface area (Å²) >= 11 is 7.28. The Labute approximate surface area is 208 Å². The molecule has 0 saturated heterocycles. The largest absolute Gasteiger partial charge is 0.495 e. The number of anilines is 1. The summed E-state index contributed by atoms with van der Waals surface area (Å²) in [6.07, 6.45) is 0. The number of ether oxygens (including phenoxy) is 1. The molecule has 180 valence electrons. The number of hydrogen-bond donors (Lipinski definition) is 2. The second kappa shape index (κ2) is 11.4. The van der Waals surface area contributed by atoms with Gasteiger partial charge in [0.05, 0.1) is 24.6 Å². The van der Waals surface area contributed by atoms with Gasteiger partial charge in [0.1, 0.15) is 5.75 Å². The fourth-order valence-electron chi connectivity index (χ4n) is 3.36. The fourth-order valence-corrected chi connectivity index (χ4v) is 4.25. The highest BCUT2D eigenvalue weighted by Gasteiger charge is 2.25. The van der Waals surface area contributed by atoms with Crippen molar-refractivity contribution in [1.29, 1.82) is 0 Å². The van der Waals surface area contributed by atoms with Gasteiger partial charge in [0.25, 0.3) is 5.91 Å². The number of aromatic nitrogens is 3. The molecule has 0 saturated carbocycles. The monoisotopic (exact) mass is 501 g/mol. The van der Waals surface area contributed by atoms with Crippen LogP contribution in [-0.2, 0) is 11.8 Å². The summed E-state index contributed by atoms with van der Waals surface area (Å²) in [7, 11) is 3.35. The van der Waals surface area contributed by atoms with Crippen LogP contribution in [0.3, 0.4) is 0 Å². The average Bonchev–Trinajstić information content (AvgIpc) is 3.15. The second-order valence-corrected chi connectivity index (χ2v) is 9.52. The molecule has 8 nitrogen and oxygen atoms in total. The molecule has 0 unspecified atom stereocenters. The highest BCUT2D eigenvalue weighted by Crippen LogP contribution is 2.28. The molecule has 1 heterocycles. The third-order valence-electron chi connectivity index (χ3n) is 5.15. The molecule has 0 aliphatic rings. The van der Waals surface area contributed by atoms with E-state index in [1.165, 1.54) is 18.9 Å². The minimum Gasteiger partial charge on any atom is -0.495 e. The van der Waals surface area contributed by atoms with Crippen LogP contribution in [0, 0.1) is 12.8 Å². The number of halogens is 1. The topological polar surface area (TPSA) is 98.1 Å². The first kappa shape index (κ1) is 25.6. The lowest BCUT2D eigenvalue weighted by Crippen LogP contribution is -2.33. The maximum absolute atomic E-state index is 12.8. The Morgan fingerprint density at radius 1 is 1.18 bits per heavy atom. The third kappa shape index (κ3) is 6.30. The molecule has 1 aromatic heterocycles. The highest BCUT2D eigenvalue weighted by atomic mass is 35.5. The molecule has 2 N–H and O–H groups in total. The first-order valence-corrected chi connectivity index (χ1v) is 12.1. The lowest BCUT2D eigenvalue weighted by Gasteiger charge is -2.22. The second-order valence-electron chi connectivity index (χ2n) is 8.15. The van der Waals surface area contributed by atoms with Gasteiger partial charge in [-0.3, -0.25) is 9.59 Å². The van der Waals surface area contributed by atoms with E-state index in [1.54, 1.807) is 28.8 Å². The molecule has 0 aliphatic carbocycles. The van der Waals surface area contributed by atoms with Crippen molar-refractivity contribution in [3.63, 3.8) is 0 Å². The predicted octanol–water partition coefficient (Wildman–Crippen LogP) is 4.64. The SMILES string of the molecule is COc1ccc(Cl)cc1NC(=O)CSc1nnc([C@H](NC(=O)c2cccc(C)c2)C(C)C)n1C. The standard InChI is InChI=1S/C24H28ClN5O3S/c1-14(2)21(27-23(32)16-8-6-7-15(3)11-16)22-28-29-24(30(22)4)34-13-20(31)26-18-12-17(25)9-10-19(18)33-5/h6-12,14,21H,13H2,1-5H3,(H,26,31)(H,27,32)/t21-/m1/s1. The number of methoxy groups -OCH3 is 1. The average molecular weight is 502 g/mol. The van der Waals surface area contributed by atoms with Crippen LogP contribution >= 0.6 is 23.4 Å². The molecule has 0 aliphatic heterocycles. The molecule has 34 heavy (non-hydrogen) atoms. The van der Waals surface area contributed by atoms with Gasteiger partial charge in [0.2, 0.25) is 5.91 Å². The van der Waals surface area contributed by atoms with E-state index in [4.69, 9.17) is 16.3 Å². The Morgan fingerprint density at radius 2 is 1.94 bits per heavy atom. The van der Waals surface area contributed by atoms with Crippen LogP contribution in [0.15, 0.2) is 47.6 Å². The van der Waals surface area contributed by atoms with Crippen LogP contribution in [0.2, 0.25) is 5.02 Å². The number of aryl methyl sites for hydroxylation is 1. The van der Waals surface area contributed by atoms with Crippen LogP contribution in [0.25, 0.3) is 0 Å². The van der Waals surface area contributed by atoms with E-state index in [-0.39, 0.29) is 29.5 Å². The van der Waals surface area contributed by atoms with Gasteiger partial charge in [0, 0.05) is 17.6 Å². The van der Waals surface area contributed by atoms with E-state index in [0.717, 1.165) is 5.56 Å². The van der Waals surface area contributed by atoms with Gasteiger partial charge >= 0.3 is 0 Å². The number of amides is 2. The van der Waals surface area contributed by atoms with Crippen molar-refractivity contribution in [2.24, 2.45) is 13.0 Å². The van der Waals surface area contributed by atoms with E-state index in [9.17, 15) is 9.59 Å². The number of carbonyl (C=O) groups excluding carboxylic acids is 2. The summed E-state index contributed by atoms with van der Waals surface area (Å²) < 4.78 is 7.07. The van der Waals surface area contributed by atoms with Crippen molar-refractivity contribution >= 4 is 40.9 Å². The number of thioether (sulfide) groups is 1. The minimum absolute atomic E-state index is 0.0769. The van der Waals surface area contributed by atoms with E-state index in [2.05, 4.69) is 20.8 Å². The van der Waals surface area contributed by atoms with Gasteiger partial charge in [-0.25, -0.2) is 0 Å². The quantitative estimate of drug-likeness (QED) is 0.414. The van der Waals surface area contributed by atoms with Gasteiger partial charge in [-0.1, -0.05) is 54.9 Å². The molecule has 2 aromatic carbocycles. The maximum atomic E-state index is 12.8. The Bertz CT molecular complexity index is 1180. The number of carbonyl (C=O) groups is 2. The highest BCUT2D eigenvalue weighted by molar-refractivity contribution is 7.99. The van der Waals surface area contributed by atoms with Gasteiger partial charge in [0.15, 0.2) is 11.0 Å². The number of hydrogen-bond acceptors (Lipinski definition) is 6. The smallest absolute Gasteiger partial charge is 0.251 e. The molecular formula is C24H28ClN5O3S. The zero-order valence-electron chi connectivity index (χ0n) is 19.8. The van der Waals surface area contributed by atoms with E-state index < -0.39 is 0 Å². The Kier molecular flexibility index (Phi) is 8.57. The summed E-state index contributed by atoms with van der Waals surface area (Å²) in [6.45, 7) is 5.96. The van der Waals surface area contributed by atoms with Crippen molar-refractivity contribution in [2.45, 2.75) is 32.0 Å². The van der Waals surface area contributed by atoms with Crippen molar-refractivity contribution < 1.29 is 14.3 Å². The molecule has 2 amide bonds. The van der Waals surface area contributed by atoms with Crippen molar-refractivity contribution in [2.75, 3.05) is 18.2 Å². The molecule has 0 bridgehead atoms. The van der Waals surface area contributed by atoms with Crippen LogP contribution < -0.4 is 15.4 Å². The van der Waals surface area contributed by atoms with Crippen molar-refractivity contribution in [3.8, 4) is 5.75 Å². The first-order chi connectivity index (χ1) is 16.2. The fraction of sp³-hybridized carbons (Fsp3) is 0.333. The lowest BCUT2D eigenvalue weighted by atomic mass is 10.0. The summed E-state index contributed by atoms with van der Waals surface area (Å²) in [6, 6.07) is 12.1. The van der Waals surface area contributed by atoms with Gasteiger partial charge < -0.3 is 19.9 Å². The molecule has 0 spiro atoms. The molecule has 0 fully saturated rings. The van der Waals surface area contributed by atoms with Crippen LogP contribution in [0.5, 0.6) is 5.75 Å². The van der Waals surface area contributed by atoms with E-state index in [1.807, 2.05) is 46.0 Å². The molecule has 1 atom stereocenters. The van der Waals surface area contributed by atoms with Crippen LogP contribution in [0.4, 0.5) is 5.69 Å². The summed E-state index contributed by atoms with van der Waals surface area (Å²) in [5, 5.41) is 15.5. The molecular weight excluding hydrogens is 474 g/mol. The number of rotatable bonds is 9. The van der Waals surface area contributed by atoms with E-state index >= 15 is 0 Å². The molecule has 10 heteroatoms. The molecule has 0 radical (unpaired) electrons. The van der Waals surface area contributed by atoms with E-state index in [0.29, 0.717) is 33.0 Å². The third-order valence-corrected chi connectivity index (χ3v) is 6.40. The maximum Gasteiger partial charge on any atom is 0.251 e. The minimum atomic E-state index is -0.343. The summed E-state index contributed by atoms with van der Waals surface area (Å²) in [5.41, 5.74) is 2.10. The summed E-state index contributed by atoms with van der Waals surface area (Å²) in [5.74, 6) is 0.929. The van der Waals surface area contributed by atoms with Crippen LogP contribution in [0.1, 0.15) is 41.6 Å². The molecule has 3 aromatic rings. The number of nitrogens with zero attached hydrogens (tertiary/aromatic N) is 3. The predicted molar refractivity (Wildman–Crippen MR) is 135 cm³/mol. The Balaban J connectivity index is 1.68. The number of nitrogens with one attached hydrogen (secondary N) is 2. The zero-order valence-corrected chi connectivity index (χ0v) is 21.3. The van der Waals surface area contributed by atoms with Crippen molar-refractivity contribution in [3.05, 3.63) is 64.4 Å². The Hall–Kier alpha value is -3.04. The molecule has 3 rings (SSSR count). The Morgan fingerprint density at radius 3 is 2.62 bits per heavy atom. The van der Waals surface area contributed by atoms with Gasteiger partial charge in [-0.2, -0.15) is 0 Å². The van der Waals surface area contributed by atoms with Crippen LogP contribution in [-0.4, -0.2) is 39.4 Å². The zero-order chi connectivity index (χ0) is 24.8. The normalized spacial score (nSPS) is 11.9. The lowest BCUT2D eigenvalue weighted by molar-refractivity contribution is -0.113. The first-order valence-electron chi connectivity index (χ1n) is 10.7. The number of benzene rings is 2. The van der Waals surface area contributed by atoms with Gasteiger partial charge in [-0.05, 0) is 43.2 Å². The summed E-state index contributed by atoms with van der Waals surface area (Å²) in [4.78, 5) is 25.3.